The van der Waals surface area contributed by atoms with Gasteiger partial charge in [0.15, 0.2) is 0 Å². The maximum absolute atomic E-state index is 13.3. The molecule has 1 rings (SSSR count). The first kappa shape index (κ1) is 11.7. The van der Waals surface area contributed by atoms with Crippen LogP contribution >= 0.6 is 0 Å². The molecule has 0 saturated carbocycles. The minimum atomic E-state index is -1.15. The molecule has 0 heterocycles. The smallest absolute Gasteiger partial charge is 0.336 e. The summed E-state index contributed by atoms with van der Waals surface area (Å²) < 4.78 is 13.3. The molecule has 2 N–H and O–H groups in total. The molecular formula is C11H13FO3. The zero-order chi connectivity index (χ0) is 11.6. The number of hydrogen-bond donors (Lipinski definition) is 2. The van der Waals surface area contributed by atoms with Crippen LogP contribution in [0.15, 0.2) is 12.1 Å². The summed E-state index contributed by atoms with van der Waals surface area (Å²) in [4.78, 5) is 10.8. The fourth-order valence-electron chi connectivity index (χ4n) is 1.42. The molecule has 4 heteroatoms. The van der Waals surface area contributed by atoms with Crippen LogP contribution in [0.1, 0.15) is 28.4 Å². The largest absolute Gasteiger partial charge is 0.478 e. The zero-order valence-corrected chi connectivity index (χ0v) is 8.62. The molecule has 0 amide bonds. The quantitative estimate of drug-likeness (QED) is 0.802. The van der Waals surface area contributed by atoms with E-state index in [2.05, 4.69) is 0 Å². The molecule has 0 aromatic heterocycles. The molecule has 3 nitrogen and oxygen atoms in total. The summed E-state index contributed by atoms with van der Waals surface area (Å²) in [6, 6.07) is 2.65. The van der Waals surface area contributed by atoms with Gasteiger partial charge < -0.3 is 10.2 Å². The van der Waals surface area contributed by atoms with Crippen LogP contribution in [-0.4, -0.2) is 22.3 Å². The number of carboxylic acid groups (broad SMARTS) is 1. The predicted octanol–water partition coefficient (Wildman–Crippen LogP) is 1.76. The van der Waals surface area contributed by atoms with Crippen molar-refractivity contribution in [2.45, 2.75) is 26.4 Å². The molecule has 0 fully saturated rings. The molecule has 1 atom stereocenters. The molecular weight excluding hydrogens is 199 g/mol. The fourth-order valence-corrected chi connectivity index (χ4v) is 1.42. The van der Waals surface area contributed by atoms with Gasteiger partial charge in [0.2, 0.25) is 0 Å². The number of hydrogen-bond acceptors (Lipinski definition) is 2. The van der Waals surface area contributed by atoms with E-state index in [0.29, 0.717) is 5.56 Å². The van der Waals surface area contributed by atoms with Crippen LogP contribution in [0.4, 0.5) is 4.39 Å². The van der Waals surface area contributed by atoms with E-state index in [9.17, 15) is 9.18 Å². The fraction of sp³-hybridized carbons (Fsp3) is 0.364. The normalized spacial score (nSPS) is 12.5. The van der Waals surface area contributed by atoms with Gasteiger partial charge in [-0.05, 0) is 43.5 Å². The second-order valence-corrected chi connectivity index (χ2v) is 3.61. The Balaban J connectivity index is 3.17. The van der Waals surface area contributed by atoms with Gasteiger partial charge in [0.05, 0.1) is 11.7 Å². The van der Waals surface area contributed by atoms with Crippen LogP contribution in [-0.2, 0) is 6.42 Å². The summed E-state index contributed by atoms with van der Waals surface area (Å²) in [5.74, 6) is -1.70. The van der Waals surface area contributed by atoms with E-state index in [4.69, 9.17) is 10.2 Å². The second kappa shape index (κ2) is 4.40. The van der Waals surface area contributed by atoms with Crippen molar-refractivity contribution in [3.8, 4) is 0 Å². The highest BCUT2D eigenvalue weighted by atomic mass is 19.1. The molecule has 1 aromatic carbocycles. The Kier molecular flexibility index (Phi) is 3.42. The number of aromatic carboxylic acids is 1. The van der Waals surface area contributed by atoms with Gasteiger partial charge in [-0.1, -0.05) is 0 Å². The second-order valence-electron chi connectivity index (χ2n) is 3.61. The monoisotopic (exact) mass is 212 g/mol. The summed E-state index contributed by atoms with van der Waals surface area (Å²) in [6.45, 7) is 2.99. The van der Waals surface area contributed by atoms with Crippen LogP contribution < -0.4 is 0 Å². The lowest BCUT2D eigenvalue weighted by Crippen LogP contribution is -2.08. The van der Waals surface area contributed by atoms with Gasteiger partial charge in [-0.25, -0.2) is 9.18 Å². The number of carboxylic acids is 1. The number of aliphatic hydroxyl groups is 1. The zero-order valence-electron chi connectivity index (χ0n) is 8.62. The predicted molar refractivity (Wildman–Crippen MR) is 53.5 cm³/mol. The third-order valence-electron chi connectivity index (χ3n) is 2.17. The number of aliphatic hydroxyl groups excluding tert-OH is 1. The molecule has 0 spiro atoms. The van der Waals surface area contributed by atoms with E-state index in [1.54, 1.807) is 6.92 Å². The summed E-state index contributed by atoms with van der Waals surface area (Å²) in [5.41, 5.74) is 0.563. The number of benzene rings is 1. The summed E-state index contributed by atoms with van der Waals surface area (Å²) in [7, 11) is 0. The summed E-state index contributed by atoms with van der Waals surface area (Å²) >= 11 is 0. The van der Waals surface area contributed by atoms with Gasteiger partial charge in [0.25, 0.3) is 0 Å². The van der Waals surface area contributed by atoms with Gasteiger partial charge in [-0.3, -0.25) is 0 Å². The number of halogens is 1. The third kappa shape index (κ3) is 2.76. The number of rotatable bonds is 3. The van der Waals surface area contributed by atoms with Gasteiger partial charge in [0.1, 0.15) is 5.82 Å². The Morgan fingerprint density at radius 2 is 2.13 bits per heavy atom. The van der Waals surface area contributed by atoms with Crippen molar-refractivity contribution in [3.05, 3.63) is 34.6 Å². The third-order valence-corrected chi connectivity index (χ3v) is 2.17. The molecule has 0 radical (unpaired) electrons. The molecule has 15 heavy (non-hydrogen) atoms. The van der Waals surface area contributed by atoms with E-state index in [1.165, 1.54) is 19.1 Å². The maximum Gasteiger partial charge on any atom is 0.336 e. The van der Waals surface area contributed by atoms with Crippen molar-refractivity contribution >= 4 is 5.97 Å². The van der Waals surface area contributed by atoms with Crippen molar-refractivity contribution < 1.29 is 19.4 Å². The van der Waals surface area contributed by atoms with Crippen molar-refractivity contribution in [3.63, 3.8) is 0 Å². The van der Waals surface area contributed by atoms with Crippen LogP contribution in [0.2, 0.25) is 0 Å². The molecule has 1 unspecified atom stereocenters. The summed E-state index contributed by atoms with van der Waals surface area (Å²) in [6.07, 6.45) is -0.369. The molecule has 1 aromatic rings. The topological polar surface area (TPSA) is 57.5 Å². The molecule has 0 saturated heterocycles. The van der Waals surface area contributed by atoms with Crippen LogP contribution in [0.5, 0.6) is 0 Å². The average Bonchev–Trinajstić information content (AvgIpc) is 2.09. The van der Waals surface area contributed by atoms with Crippen LogP contribution in [0.3, 0.4) is 0 Å². The van der Waals surface area contributed by atoms with Gasteiger partial charge in [-0.2, -0.15) is 0 Å². The molecule has 0 aliphatic rings. The van der Waals surface area contributed by atoms with Crippen molar-refractivity contribution in [1.29, 1.82) is 0 Å². The Hall–Kier alpha value is -1.42. The molecule has 0 aliphatic heterocycles. The molecule has 0 aliphatic carbocycles. The first-order chi connectivity index (χ1) is 6.91. The van der Waals surface area contributed by atoms with E-state index < -0.39 is 17.9 Å². The highest BCUT2D eigenvalue weighted by Gasteiger charge is 2.13. The maximum atomic E-state index is 13.3. The van der Waals surface area contributed by atoms with Crippen LogP contribution in [0, 0.1) is 12.7 Å². The number of carbonyl (C=O) groups is 1. The first-order valence-corrected chi connectivity index (χ1v) is 4.62. The molecule has 82 valence electrons. The lowest BCUT2D eigenvalue weighted by Gasteiger charge is -2.08. The van der Waals surface area contributed by atoms with E-state index >= 15 is 0 Å². The first-order valence-electron chi connectivity index (χ1n) is 4.62. The molecule has 0 bridgehead atoms. The Morgan fingerprint density at radius 3 is 2.60 bits per heavy atom. The highest BCUT2D eigenvalue weighted by molar-refractivity contribution is 5.89. The minimum Gasteiger partial charge on any atom is -0.478 e. The van der Waals surface area contributed by atoms with Crippen LogP contribution in [0.25, 0.3) is 0 Å². The van der Waals surface area contributed by atoms with Gasteiger partial charge >= 0.3 is 5.97 Å². The standard InChI is InChI=1S/C11H13FO3/c1-6(13)3-8-4-9(11(14)15)7(2)10(12)5-8/h4-6,13H,3H2,1-2H3,(H,14,15). The highest BCUT2D eigenvalue weighted by Crippen LogP contribution is 2.17. The SMILES string of the molecule is Cc1c(F)cc(CC(C)O)cc1C(=O)O. The lowest BCUT2D eigenvalue weighted by molar-refractivity contribution is 0.0695. The van der Waals surface area contributed by atoms with E-state index in [1.807, 2.05) is 0 Å². The Morgan fingerprint density at radius 1 is 1.53 bits per heavy atom. The Labute approximate surface area is 87.2 Å². The van der Waals surface area contributed by atoms with Gasteiger partial charge in [0, 0.05) is 0 Å². The minimum absolute atomic E-state index is 0.0503. The summed E-state index contributed by atoms with van der Waals surface area (Å²) in [5, 5.41) is 17.9. The van der Waals surface area contributed by atoms with Gasteiger partial charge in [-0.15, -0.1) is 0 Å². The van der Waals surface area contributed by atoms with E-state index in [0.717, 1.165) is 0 Å². The van der Waals surface area contributed by atoms with Crippen molar-refractivity contribution in [2.75, 3.05) is 0 Å². The average molecular weight is 212 g/mol. The van der Waals surface area contributed by atoms with E-state index in [-0.39, 0.29) is 17.5 Å². The lowest BCUT2D eigenvalue weighted by atomic mass is 10.0. The van der Waals surface area contributed by atoms with Crippen molar-refractivity contribution in [1.82, 2.24) is 0 Å². The Bertz CT molecular complexity index is 386. The van der Waals surface area contributed by atoms with Crippen molar-refractivity contribution in [2.24, 2.45) is 0 Å².